The highest BCUT2D eigenvalue weighted by atomic mass is 35.5. The zero-order chi connectivity index (χ0) is 21.1. The van der Waals surface area contributed by atoms with Crippen molar-refractivity contribution < 1.29 is 9.59 Å². The summed E-state index contributed by atoms with van der Waals surface area (Å²) in [6.45, 7) is 2.74. The highest BCUT2D eigenvalue weighted by Crippen LogP contribution is 2.28. The molecule has 3 aromatic rings. The number of hydrogen-bond donors (Lipinski definition) is 3. The lowest BCUT2D eigenvalue weighted by Gasteiger charge is -2.17. The Kier molecular flexibility index (Phi) is 6.32. The normalized spacial score (nSPS) is 19.5. The molecule has 1 fully saturated rings. The Morgan fingerprint density at radius 3 is 2.80 bits per heavy atom. The number of benzene rings is 2. The van der Waals surface area contributed by atoms with Crippen LogP contribution in [0.3, 0.4) is 0 Å². The quantitative estimate of drug-likeness (QED) is 0.547. The molecule has 1 aliphatic rings. The summed E-state index contributed by atoms with van der Waals surface area (Å²) >= 11 is 7.65. The van der Waals surface area contributed by atoms with Gasteiger partial charge in [-0.1, -0.05) is 48.0 Å². The molecule has 30 heavy (non-hydrogen) atoms. The number of halogens is 1. The molecule has 6 nitrogen and oxygen atoms in total. The molecule has 2 aromatic carbocycles. The number of hydrogen-bond acceptors (Lipinski definition) is 5. The number of aromatic nitrogens is 1. The number of rotatable bonds is 6. The van der Waals surface area contributed by atoms with E-state index in [1.165, 1.54) is 16.9 Å². The number of fused-ring (bicyclic) bond motifs is 1. The average molecular weight is 443 g/mol. The third-order valence-corrected chi connectivity index (χ3v) is 6.62. The van der Waals surface area contributed by atoms with Crippen LogP contribution in [0.5, 0.6) is 0 Å². The Morgan fingerprint density at radius 1 is 1.23 bits per heavy atom. The van der Waals surface area contributed by atoms with E-state index in [0.717, 1.165) is 28.2 Å². The highest BCUT2D eigenvalue weighted by molar-refractivity contribution is 7.18. The molecule has 8 heteroatoms. The van der Waals surface area contributed by atoms with Crippen molar-refractivity contribution in [2.75, 3.05) is 6.54 Å². The molecule has 3 atom stereocenters. The summed E-state index contributed by atoms with van der Waals surface area (Å²) < 4.78 is 0.980. The Balaban J connectivity index is 1.28. The monoisotopic (exact) mass is 442 g/mol. The van der Waals surface area contributed by atoms with E-state index in [9.17, 15) is 9.59 Å². The minimum atomic E-state index is -0.631. The number of para-hydroxylation sites is 1. The lowest BCUT2D eigenvalue weighted by atomic mass is 9.96. The molecule has 0 radical (unpaired) electrons. The van der Waals surface area contributed by atoms with E-state index >= 15 is 0 Å². The van der Waals surface area contributed by atoms with Gasteiger partial charge in [0.15, 0.2) is 0 Å². The number of thiazole rings is 1. The fourth-order valence-electron chi connectivity index (χ4n) is 3.65. The zero-order valence-electron chi connectivity index (χ0n) is 16.5. The molecule has 156 valence electrons. The first-order valence-electron chi connectivity index (χ1n) is 9.91. The van der Waals surface area contributed by atoms with Crippen molar-refractivity contribution >= 4 is 45.0 Å². The van der Waals surface area contributed by atoms with E-state index in [1.807, 2.05) is 30.3 Å². The van der Waals surface area contributed by atoms with E-state index in [0.29, 0.717) is 17.5 Å². The molecular formula is C22H23ClN4O2S. The van der Waals surface area contributed by atoms with Gasteiger partial charge in [-0.25, -0.2) is 4.98 Å². The summed E-state index contributed by atoms with van der Waals surface area (Å²) in [5.41, 5.74) is 1.97. The maximum absolute atomic E-state index is 12.6. The molecule has 1 aromatic heterocycles. The molecule has 1 aliphatic heterocycles. The van der Waals surface area contributed by atoms with Gasteiger partial charge >= 0.3 is 0 Å². The molecule has 0 bridgehead atoms. The van der Waals surface area contributed by atoms with Gasteiger partial charge in [0.05, 0.1) is 22.3 Å². The summed E-state index contributed by atoms with van der Waals surface area (Å²) in [5.74, 6) is -0.0916. The molecule has 0 saturated carbocycles. The summed E-state index contributed by atoms with van der Waals surface area (Å²) in [6.07, 6.45) is 0.719. The van der Waals surface area contributed by atoms with Crippen LogP contribution in [0.4, 0.5) is 0 Å². The van der Waals surface area contributed by atoms with Crippen molar-refractivity contribution in [2.24, 2.45) is 0 Å². The number of nitrogens with zero attached hydrogens (tertiary/aromatic N) is 1. The summed E-state index contributed by atoms with van der Waals surface area (Å²) in [6, 6.07) is 14.9. The summed E-state index contributed by atoms with van der Waals surface area (Å²) in [4.78, 5) is 29.5. The lowest BCUT2D eigenvalue weighted by molar-refractivity contribution is -0.129. The zero-order valence-corrected chi connectivity index (χ0v) is 18.1. The van der Waals surface area contributed by atoms with Gasteiger partial charge in [0.25, 0.3) is 0 Å². The Hall–Kier alpha value is -2.48. The van der Waals surface area contributed by atoms with Crippen LogP contribution in [0, 0.1) is 0 Å². The molecule has 4 rings (SSSR count). The van der Waals surface area contributed by atoms with Crippen LogP contribution >= 0.6 is 22.9 Å². The second-order valence-corrected chi connectivity index (χ2v) is 8.97. The van der Waals surface area contributed by atoms with E-state index in [1.54, 1.807) is 13.0 Å². The molecule has 0 spiro atoms. The SMILES string of the molecule is CC(NC(=O)[C@H]1C[C@H](c2ccccc2)CN1)C(=O)NCc1nc2c(Cl)cccc2s1. The maximum Gasteiger partial charge on any atom is 0.242 e. The standard InChI is InChI=1S/C22H23ClN4O2S/c1-13(21(28)25-12-19-27-20-16(23)8-5-9-18(20)30-19)26-22(29)17-10-15(11-24-17)14-6-3-2-4-7-14/h2-9,13,15,17,24H,10-12H2,1H3,(H,25,28)(H,26,29)/t13?,15-,17+/m0/s1. The topological polar surface area (TPSA) is 83.1 Å². The first-order valence-corrected chi connectivity index (χ1v) is 11.1. The third-order valence-electron chi connectivity index (χ3n) is 5.30. The van der Waals surface area contributed by atoms with E-state index in [4.69, 9.17) is 11.6 Å². The Morgan fingerprint density at radius 2 is 2.03 bits per heavy atom. The van der Waals surface area contributed by atoms with Gasteiger partial charge in [-0.2, -0.15) is 0 Å². The summed E-state index contributed by atoms with van der Waals surface area (Å²) in [7, 11) is 0. The summed E-state index contributed by atoms with van der Waals surface area (Å²) in [5, 5.41) is 10.3. The maximum atomic E-state index is 12.6. The number of carbonyl (C=O) groups is 2. The van der Waals surface area contributed by atoms with E-state index < -0.39 is 6.04 Å². The fourth-order valence-corrected chi connectivity index (χ4v) is 4.85. The van der Waals surface area contributed by atoms with Crippen LogP contribution in [-0.2, 0) is 16.1 Å². The predicted molar refractivity (Wildman–Crippen MR) is 120 cm³/mol. The predicted octanol–water partition coefficient (Wildman–Crippen LogP) is 3.22. The van der Waals surface area contributed by atoms with E-state index in [2.05, 4.69) is 33.1 Å². The van der Waals surface area contributed by atoms with Crippen molar-refractivity contribution in [2.45, 2.75) is 37.9 Å². The molecule has 0 aliphatic carbocycles. The van der Waals surface area contributed by atoms with Crippen molar-refractivity contribution in [1.82, 2.24) is 20.9 Å². The van der Waals surface area contributed by atoms with Crippen LogP contribution in [0.1, 0.15) is 29.8 Å². The lowest BCUT2D eigenvalue weighted by Crippen LogP contribution is -2.49. The molecule has 2 heterocycles. The highest BCUT2D eigenvalue weighted by Gasteiger charge is 2.31. The Bertz CT molecular complexity index is 1060. The fraction of sp³-hybridized carbons (Fsp3) is 0.318. The van der Waals surface area contributed by atoms with Crippen LogP contribution in [0.15, 0.2) is 48.5 Å². The van der Waals surface area contributed by atoms with Gasteiger partial charge in [-0.05, 0) is 37.0 Å². The van der Waals surface area contributed by atoms with Crippen LogP contribution in [0.2, 0.25) is 5.02 Å². The van der Waals surface area contributed by atoms with Gasteiger partial charge < -0.3 is 16.0 Å². The van der Waals surface area contributed by atoms with Crippen molar-refractivity contribution in [3.63, 3.8) is 0 Å². The second kappa shape index (κ2) is 9.12. The minimum absolute atomic E-state index is 0.150. The minimum Gasteiger partial charge on any atom is -0.348 e. The first kappa shape index (κ1) is 20.8. The van der Waals surface area contributed by atoms with Crippen LogP contribution < -0.4 is 16.0 Å². The van der Waals surface area contributed by atoms with Gasteiger partial charge in [-0.3, -0.25) is 9.59 Å². The molecule has 1 saturated heterocycles. The number of nitrogens with one attached hydrogen (secondary N) is 3. The van der Waals surface area contributed by atoms with Crippen LogP contribution in [-0.4, -0.2) is 35.4 Å². The van der Waals surface area contributed by atoms with Gasteiger partial charge in [0.1, 0.15) is 16.6 Å². The van der Waals surface area contributed by atoms with Gasteiger partial charge in [-0.15, -0.1) is 11.3 Å². The van der Waals surface area contributed by atoms with Crippen molar-refractivity contribution in [3.8, 4) is 0 Å². The Labute approximate surface area is 184 Å². The molecule has 3 N–H and O–H groups in total. The van der Waals surface area contributed by atoms with Crippen molar-refractivity contribution in [3.05, 3.63) is 64.1 Å². The largest absolute Gasteiger partial charge is 0.348 e. The average Bonchev–Trinajstić information content (AvgIpc) is 3.40. The van der Waals surface area contributed by atoms with Crippen LogP contribution in [0.25, 0.3) is 10.2 Å². The van der Waals surface area contributed by atoms with Crippen molar-refractivity contribution in [1.29, 1.82) is 0 Å². The molecule has 2 amide bonds. The smallest absolute Gasteiger partial charge is 0.242 e. The molecular weight excluding hydrogens is 420 g/mol. The number of amides is 2. The second-order valence-electron chi connectivity index (χ2n) is 7.45. The third kappa shape index (κ3) is 4.64. The van der Waals surface area contributed by atoms with Gasteiger partial charge in [0, 0.05) is 6.54 Å². The first-order chi connectivity index (χ1) is 14.5. The van der Waals surface area contributed by atoms with Gasteiger partial charge in [0.2, 0.25) is 11.8 Å². The van der Waals surface area contributed by atoms with E-state index in [-0.39, 0.29) is 17.9 Å². The number of carbonyl (C=O) groups excluding carboxylic acids is 2. The molecule has 1 unspecified atom stereocenters.